The number of carbonyl (C=O) groups excluding carboxylic acids is 3. The standard InChI is InChI=1S/C52H58N6O9S/c1-52(21-16-37(17-22-52)48-54-46-42-29-56(51(62)66-3)24-20-36(42)13-15-44(46)58(48)39(30-59)26-33-8-5-4-6-9-33)49(60)67-40-11-7-10-34(27-40)18-25-57-43-14-12-35-19-23-55(50(61)65-2)28-41(35)45(43)53-47(57)38-31-68(63,64)32-38/h4-15,27,37-39,59H,16-26,28-32H2,1-3H3/t37?,39-,52?/m1/s1. The van der Waals surface area contributed by atoms with E-state index in [1.807, 2.05) is 43.3 Å². The second-order valence-corrected chi connectivity index (χ2v) is 21.5. The number of fused-ring (bicyclic) bond motifs is 6. The fourth-order valence-corrected chi connectivity index (χ4v) is 12.5. The number of amides is 2. The molecule has 2 fully saturated rings. The first kappa shape index (κ1) is 45.5. The Morgan fingerprint density at radius 3 is 1.99 bits per heavy atom. The fraction of sp³-hybridized carbons (Fsp3) is 0.442. The Morgan fingerprint density at radius 1 is 0.765 bits per heavy atom. The molecule has 68 heavy (non-hydrogen) atoms. The molecule has 2 amide bonds. The lowest BCUT2D eigenvalue weighted by Gasteiger charge is -2.35. The molecule has 1 saturated heterocycles. The number of methoxy groups -OCH3 is 2. The van der Waals surface area contributed by atoms with Crippen molar-refractivity contribution in [1.29, 1.82) is 0 Å². The Kier molecular flexibility index (Phi) is 12.3. The molecule has 0 unspecified atom stereocenters. The zero-order chi connectivity index (χ0) is 47.3. The molecular formula is C52H58N6O9S. The van der Waals surface area contributed by atoms with E-state index in [-0.39, 0.29) is 48.1 Å². The first-order valence-electron chi connectivity index (χ1n) is 23.7. The molecule has 3 aliphatic heterocycles. The lowest BCUT2D eigenvalue weighted by molar-refractivity contribution is -0.147. The normalized spacial score (nSPS) is 20.6. The highest BCUT2D eigenvalue weighted by Gasteiger charge is 2.42. The number of hydrogen-bond donors (Lipinski definition) is 1. The number of benzene rings is 4. The highest BCUT2D eigenvalue weighted by atomic mass is 32.2. The summed E-state index contributed by atoms with van der Waals surface area (Å²) in [7, 11) is -0.345. The Morgan fingerprint density at radius 2 is 1.37 bits per heavy atom. The Labute approximate surface area is 395 Å². The molecule has 2 aromatic heterocycles. The molecule has 10 rings (SSSR count). The summed E-state index contributed by atoms with van der Waals surface area (Å²) in [5.41, 5.74) is 9.00. The fourth-order valence-electron chi connectivity index (χ4n) is 11.0. The van der Waals surface area contributed by atoms with E-state index in [0.29, 0.717) is 89.8 Å². The number of esters is 1. The van der Waals surface area contributed by atoms with Gasteiger partial charge in [0.1, 0.15) is 17.4 Å². The van der Waals surface area contributed by atoms with Crippen LogP contribution in [0.25, 0.3) is 22.1 Å². The largest absolute Gasteiger partial charge is 0.453 e. The van der Waals surface area contributed by atoms with Gasteiger partial charge in [-0.15, -0.1) is 0 Å². The van der Waals surface area contributed by atoms with E-state index in [1.165, 1.54) is 14.2 Å². The molecule has 0 spiro atoms. The predicted molar refractivity (Wildman–Crippen MR) is 255 cm³/mol. The predicted octanol–water partition coefficient (Wildman–Crippen LogP) is 7.44. The van der Waals surface area contributed by atoms with Gasteiger partial charge in [-0.05, 0) is 105 Å². The number of aliphatic hydroxyl groups is 1. The molecule has 4 aliphatic rings. The van der Waals surface area contributed by atoms with Crippen LogP contribution in [0.5, 0.6) is 5.75 Å². The van der Waals surface area contributed by atoms with E-state index in [2.05, 4.69) is 45.5 Å². The molecule has 0 radical (unpaired) electrons. The molecule has 5 heterocycles. The number of aliphatic hydroxyl groups excluding tert-OH is 1. The smallest absolute Gasteiger partial charge is 0.409 e. The van der Waals surface area contributed by atoms with Gasteiger partial charge in [0.25, 0.3) is 0 Å². The van der Waals surface area contributed by atoms with E-state index in [1.54, 1.807) is 15.9 Å². The molecule has 15 nitrogen and oxygen atoms in total. The van der Waals surface area contributed by atoms with Gasteiger partial charge in [0, 0.05) is 42.6 Å². The number of rotatable bonds is 11. The minimum Gasteiger partial charge on any atom is -0.453 e. The number of hydrogen-bond acceptors (Lipinski definition) is 11. The summed E-state index contributed by atoms with van der Waals surface area (Å²) >= 11 is 0. The molecule has 0 bridgehead atoms. The van der Waals surface area contributed by atoms with Gasteiger partial charge < -0.3 is 38.3 Å². The Hall–Kier alpha value is -6.26. The molecule has 4 aromatic carbocycles. The second kappa shape index (κ2) is 18.3. The van der Waals surface area contributed by atoms with E-state index < -0.39 is 21.3 Å². The molecule has 356 valence electrons. The van der Waals surface area contributed by atoms with Crippen LogP contribution in [0.1, 0.15) is 95.5 Å². The number of carbonyl (C=O) groups is 3. The average Bonchev–Trinajstić information content (AvgIpc) is 3.93. The lowest BCUT2D eigenvalue weighted by Crippen LogP contribution is -2.36. The maximum atomic E-state index is 14.2. The highest BCUT2D eigenvalue weighted by molar-refractivity contribution is 7.92. The topological polar surface area (TPSA) is 175 Å². The summed E-state index contributed by atoms with van der Waals surface area (Å²) in [6.07, 6.45) is 4.38. The summed E-state index contributed by atoms with van der Waals surface area (Å²) in [5, 5.41) is 11.0. The van der Waals surface area contributed by atoms with Crippen molar-refractivity contribution in [3.8, 4) is 5.75 Å². The third kappa shape index (κ3) is 8.61. The van der Waals surface area contributed by atoms with Crippen LogP contribution >= 0.6 is 0 Å². The monoisotopic (exact) mass is 942 g/mol. The third-order valence-electron chi connectivity index (χ3n) is 15.0. The third-order valence-corrected chi connectivity index (χ3v) is 16.8. The van der Waals surface area contributed by atoms with Gasteiger partial charge in [0.2, 0.25) is 0 Å². The maximum absolute atomic E-state index is 14.2. The van der Waals surface area contributed by atoms with Crippen LogP contribution in [0.4, 0.5) is 9.59 Å². The van der Waals surface area contributed by atoms with Crippen molar-refractivity contribution >= 4 is 50.1 Å². The van der Waals surface area contributed by atoms with Crippen molar-refractivity contribution in [3.63, 3.8) is 0 Å². The van der Waals surface area contributed by atoms with Gasteiger partial charge in [0.05, 0.1) is 78.9 Å². The van der Waals surface area contributed by atoms with Crippen LogP contribution < -0.4 is 4.74 Å². The number of aromatic nitrogens is 4. The van der Waals surface area contributed by atoms with E-state index in [9.17, 15) is 27.9 Å². The van der Waals surface area contributed by atoms with E-state index >= 15 is 0 Å². The van der Waals surface area contributed by atoms with Crippen molar-refractivity contribution in [1.82, 2.24) is 28.9 Å². The van der Waals surface area contributed by atoms with Crippen LogP contribution in [0.3, 0.4) is 0 Å². The van der Waals surface area contributed by atoms with Gasteiger partial charge in [-0.2, -0.15) is 0 Å². The molecule has 1 saturated carbocycles. The van der Waals surface area contributed by atoms with Gasteiger partial charge in [0.15, 0.2) is 9.84 Å². The quantitative estimate of drug-likeness (QED) is 0.101. The SMILES string of the molecule is COC(=O)N1CCc2ccc3c(nc(C4CS(=O)(=O)C4)n3CCc3cccc(OC(=O)C4(C)CCC(c5nc6c7c(ccc6n5[C@@H](CO)Cc5ccccc5)CCN(C(=O)OC)C7)CC4)c3)c2C1. The number of ether oxygens (including phenoxy) is 3. The molecule has 16 heteroatoms. The molecular weight excluding hydrogens is 885 g/mol. The van der Waals surface area contributed by atoms with Crippen LogP contribution in [0, 0.1) is 5.41 Å². The minimum atomic E-state index is -3.12. The summed E-state index contributed by atoms with van der Waals surface area (Å²) in [5.74, 6) is 1.70. The highest BCUT2D eigenvalue weighted by Crippen LogP contribution is 2.46. The average molecular weight is 943 g/mol. The van der Waals surface area contributed by atoms with Crippen LogP contribution in [-0.2, 0) is 69.4 Å². The van der Waals surface area contributed by atoms with Gasteiger partial charge >= 0.3 is 18.2 Å². The summed E-state index contributed by atoms with van der Waals surface area (Å²) in [6, 6.07) is 25.8. The molecule has 1 aliphatic carbocycles. The summed E-state index contributed by atoms with van der Waals surface area (Å²) < 4.78 is 45.4. The molecule has 1 atom stereocenters. The van der Waals surface area contributed by atoms with Gasteiger partial charge in [-0.3, -0.25) is 4.79 Å². The second-order valence-electron chi connectivity index (χ2n) is 19.3. The van der Waals surface area contributed by atoms with Gasteiger partial charge in [-0.25, -0.2) is 28.0 Å². The van der Waals surface area contributed by atoms with Gasteiger partial charge in [-0.1, -0.05) is 54.6 Å². The Bertz CT molecular complexity index is 3020. The zero-order valence-electron chi connectivity index (χ0n) is 38.9. The summed E-state index contributed by atoms with van der Waals surface area (Å²) in [4.78, 5) is 53.1. The minimum absolute atomic E-state index is 0.0221. The van der Waals surface area contributed by atoms with Crippen molar-refractivity contribution in [2.45, 2.75) is 95.8 Å². The van der Waals surface area contributed by atoms with Crippen molar-refractivity contribution in [2.75, 3.05) is 45.4 Å². The van der Waals surface area contributed by atoms with Crippen LogP contribution in [0.2, 0.25) is 0 Å². The van der Waals surface area contributed by atoms with E-state index in [4.69, 9.17) is 24.2 Å². The first-order chi connectivity index (χ1) is 32.8. The van der Waals surface area contributed by atoms with Crippen molar-refractivity contribution in [2.24, 2.45) is 5.41 Å². The molecule has 6 aromatic rings. The summed E-state index contributed by atoms with van der Waals surface area (Å²) in [6.45, 7) is 4.30. The van der Waals surface area contributed by atoms with Crippen molar-refractivity contribution < 1.29 is 42.1 Å². The maximum Gasteiger partial charge on any atom is 0.409 e. The zero-order valence-corrected chi connectivity index (χ0v) is 39.7. The van der Waals surface area contributed by atoms with Crippen molar-refractivity contribution in [3.05, 3.63) is 124 Å². The Balaban J connectivity index is 0.863. The molecule has 1 N–H and O–H groups in total. The first-order valence-corrected chi connectivity index (χ1v) is 25.5. The lowest BCUT2D eigenvalue weighted by atomic mass is 9.71. The number of nitrogens with zero attached hydrogens (tertiary/aromatic N) is 6. The number of sulfone groups is 1. The van der Waals surface area contributed by atoms with Crippen LogP contribution in [0.15, 0.2) is 78.9 Å². The number of imidazole rings is 2. The van der Waals surface area contributed by atoms with E-state index in [0.717, 1.165) is 67.1 Å². The number of aryl methyl sites for hydroxylation is 2. The van der Waals surface area contributed by atoms with Crippen LogP contribution in [-0.4, -0.2) is 106 Å².